The molecule has 0 bridgehead atoms. The molecule has 2 aromatic carbocycles. The fraction of sp³-hybridized carbons (Fsp3) is 0.250. The van der Waals surface area contributed by atoms with Crippen LogP contribution in [0.2, 0.25) is 0 Å². The Hall–Kier alpha value is -3.54. The van der Waals surface area contributed by atoms with Gasteiger partial charge in [0.1, 0.15) is 12.4 Å². The van der Waals surface area contributed by atoms with E-state index in [1.54, 1.807) is 6.07 Å². The Morgan fingerprint density at radius 2 is 1.80 bits per heavy atom. The minimum absolute atomic E-state index is 0.0761. The van der Waals surface area contributed by atoms with Gasteiger partial charge in [0.2, 0.25) is 5.91 Å². The maximum Gasteiger partial charge on any atom is 0.287 e. The van der Waals surface area contributed by atoms with Crippen LogP contribution in [0.25, 0.3) is 0 Å². The molecule has 1 aliphatic carbocycles. The van der Waals surface area contributed by atoms with Gasteiger partial charge in [-0.2, -0.15) is 0 Å². The van der Waals surface area contributed by atoms with E-state index in [9.17, 15) is 9.59 Å². The van der Waals surface area contributed by atoms with Crippen LogP contribution in [0.4, 0.5) is 5.69 Å². The van der Waals surface area contributed by atoms with E-state index in [0.29, 0.717) is 5.56 Å². The largest absolute Gasteiger partial charge is 0.489 e. The van der Waals surface area contributed by atoms with Crippen molar-refractivity contribution in [1.29, 1.82) is 0 Å². The summed E-state index contributed by atoms with van der Waals surface area (Å²) in [6, 6.07) is 18.4. The number of nitrogens with one attached hydrogen (secondary N) is 2. The fourth-order valence-electron chi connectivity index (χ4n) is 3.12. The SMILES string of the molecule is CC(NC(=O)c1occc1COc1ccccc1)c1ccc(NC(=O)C2CC2)cc1. The summed E-state index contributed by atoms with van der Waals surface area (Å²) in [5, 5.41) is 5.86. The lowest BCUT2D eigenvalue weighted by atomic mass is 10.1. The normalized spacial score (nSPS) is 14.0. The van der Waals surface area contributed by atoms with Crippen LogP contribution in [0.3, 0.4) is 0 Å². The molecule has 0 saturated heterocycles. The third-order valence-corrected chi connectivity index (χ3v) is 5.06. The van der Waals surface area contributed by atoms with Crippen LogP contribution in [-0.2, 0) is 11.4 Å². The second-order valence-corrected chi connectivity index (χ2v) is 7.46. The number of para-hydroxylation sites is 1. The molecule has 154 valence electrons. The quantitative estimate of drug-likeness (QED) is 0.570. The second-order valence-electron chi connectivity index (χ2n) is 7.46. The first kappa shape index (κ1) is 19.8. The molecule has 1 unspecified atom stereocenters. The molecule has 0 aliphatic heterocycles. The van der Waals surface area contributed by atoms with Gasteiger partial charge in [-0.25, -0.2) is 0 Å². The number of furan rings is 1. The number of anilines is 1. The Labute approximate surface area is 175 Å². The van der Waals surface area contributed by atoms with Crippen molar-refractivity contribution in [1.82, 2.24) is 5.32 Å². The molecule has 0 radical (unpaired) electrons. The van der Waals surface area contributed by atoms with Crippen LogP contribution in [0.5, 0.6) is 5.75 Å². The molecule has 2 amide bonds. The smallest absolute Gasteiger partial charge is 0.287 e. The number of carbonyl (C=O) groups excluding carboxylic acids is 2. The number of rotatable bonds is 8. The van der Waals surface area contributed by atoms with Crippen LogP contribution in [0, 0.1) is 5.92 Å². The van der Waals surface area contributed by atoms with Gasteiger partial charge < -0.3 is 19.8 Å². The molecule has 1 fully saturated rings. The summed E-state index contributed by atoms with van der Waals surface area (Å²) in [7, 11) is 0. The molecular formula is C24H24N2O4. The van der Waals surface area contributed by atoms with Gasteiger partial charge in [0.15, 0.2) is 5.76 Å². The van der Waals surface area contributed by atoms with Crippen molar-refractivity contribution in [2.75, 3.05) is 5.32 Å². The maximum absolute atomic E-state index is 12.7. The Kier molecular flexibility index (Phi) is 5.84. The first-order chi connectivity index (χ1) is 14.6. The Morgan fingerprint density at radius 3 is 2.50 bits per heavy atom. The zero-order valence-corrected chi connectivity index (χ0v) is 16.8. The van der Waals surface area contributed by atoms with E-state index < -0.39 is 0 Å². The zero-order valence-electron chi connectivity index (χ0n) is 16.8. The monoisotopic (exact) mass is 404 g/mol. The first-order valence-electron chi connectivity index (χ1n) is 10.1. The molecule has 6 heteroatoms. The van der Waals surface area contributed by atoms with Gasteiger partial charge in [0.05, 0.1) is 12.3 Å². The van der Waals surface area contributed by atoms with Gasteiger partial charge in [-0.1, -0.05) is 30.3 Å². The minimum Gasteiger partial charge on any atom is -0.489 e. The topological polar surface area (TPSA) is 80.6 Å². The number of hydrogen-bond donors (Lipinski definition) is 2. The number of hydrogen-bond acceptors (Lipinski definition) is 4. The Morgan fingerprint density at radius 1 is 1.07 bits per heavy atom. The Balaban J connectivity index is 1.34. The average Bonchev–Trinajstić information content (AvgIpc) is 3.51. The molecule has 4 rings (SSSR count). The summed E-state index contributed by atoms with van der Waals surface area (Å²) >= 11 is 0. The van der Waals surface area contributed by atoms with E-state index in [1.165, 1.54) is 6.26 Å². The number of benzene rings is 2. The molecule has 2 N–H and O–H groups in total. The molecule has 1 aromatic heterocycles. The van der Waals surface area contributed by atoms with Gasteiger partial charge in [-0.3, -0.25) is 9.59 Å². The number of amides is 2. The molecule has 0 spiro atoms. The molecule has 30 heavy (non-hydrogen) atoms. The standard InChI is InChI=1S/C24H24N2O4/c1-16(17-9-11-20(12-10-17)26-23(27)18-7-8-18)25-24(28)22-19(13-14-29-22)15-30-21-5-3-2-4-6-21/h2-6,9-14,16,18H,7-8,15H2,1H3,(H,25,28)(H,26,27). The third-order valence-electron chi connectivity index (χ3n) is 5.06. The second kappa shape index (κ2) is 8.86. The van der Waals surface area contributed by atoms with Gasteiger partial charge in [0, 0.05) is 17.2 Å². The van der Waals surface area contributed by atoms with Crippen molar-refractivity contribution in [3.05, 3.63) is 83.8 Å². The average molecular weight is 404 g/mol. The highest BCUT2D eigenvalue weighted by Crippen LogP contribution is 2.30. The van der Waals surface area contributed by atoms with Crippen LogP contribution in [0.15, 0.2) is 71.3 Å². The molecule has 1 heterocycles. The highest BCUT2D eigenvalue weighted by Gasteiger charge is 2.29. The lowest BCUT2D eigenvalue weighted by Crippen LogP contribution is -2.27. The van der Waals surface area contributed by atoms with Crippen molar-refractivity contribution in [2.24, 2.45) is 5.92 Å². The van der Waals surface area contributed by atoms with Crippen molar-refractivity contribution < 1.29 is 18.7 Å². The van der Waals surface area contributed by atoms with E-state index in [4.69, 9.17) is 9.15 Å². The molecule has 1 saturated carbocycles. The van der Waals surface area contributed by atoms with Crippen LogP contribution < -0.4 is 15.4 Å². The molecule has 3 aromatic rings. The maximum atomic E-state index is 12.7. The van der Waals surface area contributed by atoms with Crippen molar-refractivity contribution >= 4 is 17.5 Å². The van der Waals surface area contributed by atoms with Gasteiger partial charge in [-0.15, -0.1) is 0 Å². The highest BCUT2D eigenvalue weighted by atomic mass is 16.5. The van der Waals surface area contributed by atoms with E-state index in [0.717, 1.165) is 29.8 Å². The van der Waals surface area contributed by atoms with Crippen molar-refractivity contribution in [3.8, 4) is 5.75 Å². The summed E-state index contributed by atoms with van der Waals surface area (Å²) in [5.74, 6) is 0.909. The van der Waals surface area contributed by atoms with E-state index in [-0.39, 0.29) is 36.1 Å². The summed E-state index contributed by atoms with van der Waals surface area (Å²) in [5.41, 5.74) is 2.38. The lowest BCUT2D eigenvalue weighted by Gasteiger charge is -2.15. The summed E-state index contributed by atoms with van der Waals surface area (Å²) in [6.07, 6.45) is 3.43. The predicted molar refractivity (Wildman–Crippen MR) is 113 cm³/mol. The van der Waals surface area contributed by atoms with E-state index in [1.807, 2.05) is 61.5 Å². The number of carbonyl (C=O) groups is 2. The third kappa shape index (κ3) is 4.89. The summed E-state index contributed by atoms with van der Waals surface area (Å²) in [4.78, 5) is 24.6. The minimum atomic E-state index is -0.301. The van der Waals surface area contributed by atoms with Crippen molar-refractivity contribution in [2.45, 2.75) is 32.4 Å². The molecular weight excluding hydrogens is 380 g/mol. The number of ether oxygens (including phenoxy) is 1. The van der Waals surface area contributed by atoms with E-state index >= 15 is 0 Å². The van der Waals surface area contributed by atoms with Gasteiger partial charge in [0.25, 0.3) is 5.91 Å². The zero-order chi connectivity index (χ0) is 20.9. The highest BCUT2D eigenvalue weighted by molar-refractivity contribution is 5.94. The predicted octanol–water partition coefficient (Wildman–Crippen LogP) is 4.70. The first-order valence-corrected chi connectivity index (χ1v) is 10.1. The van der Waals surface area contributed by atoms with Crippen LogP contribution >= 0.6 is 0 Å². The van der Waals surface area contributed by atoms with E-state index in [2.05, 4.69) is 10.6 Å². The van der Waals surface area contributed by atoms with Crippen molar-refractivity contribution in [3.63, 3.8) is 0 Å². The van der Waals surface area contributed by atoms with Gasteiger partial charge in [-0.05, 0) is 55.7 Å². The summed E-state index contributed by atoms with van der Waals surface area (Å²) in [6.45, 7) is 2.14. The Bertz CT molecular complexity index is 1010. The van der Waals surface area contributed by atoms with Gasteiger partial charge >= 0.3 is 0 Å². The van der Waals surface area contributed by atoms with Crippen LogP contribution in [-0.4, -0.2) is 11.8 Å². The lowest BCUT2D eigenvalue weighted by molar-refractivity contribution is -0.117. The molecule has 1 aliphatic rings. The van der Waals surface area contributed by atoms with Crippen LogP contribution in [0.1, 0.15) is 47.5 Å². The fourth-order valence-corrected chi connectivity index (χ4v) is 3.12. The molecule has 1 atom stereocenters. The summed E-state index contributed by atoms with van der Waals surface area (Å²) < 4.78 is 11.1. The molecule has 6 nitrogen and oxygen atoms in total.